The molecule has 0 bridgehead atoms. The summed E-state index contributed by atoms with van der Waals surface area (Å²) in [7, 11) is 0. The van der Waals surface area contributed by atoms with Crippen LogP contribution >= 0.6 is 0 Å². The number of fused-ring (bicyclic) bond motifs is 1. The lowest BCUT2D eigenvalue weighted by Crippen LogP contribution is -2.33. The van der Waals surface area contributed by atoms with Gasteiger partial charge in [-0.25, -0.2) is 0 Å². The molecular formula is C25H27N3O7. The van der Waals surface area contributed by atoms with Gasteiger partial charge in [0.15, 0.2) is 11.5 Å². The van der Waals surface area contributed by atoms with Crippen LogP contribution < -0.4 is 9.47 Å². The van der Waals surface area contributed by atoms with Gasteiger partial charge in [-0.1, -0.05) is 26.0 Å². The first kappa shape index (κ1) is 24.2. The average Bonchev–Trinajstić information content (AvgIpc) is 3.44. The van der Waals surface area contributed by atoms with Gasteiger partial charge in [-0.15, -0.1) is 0 Å². The summed E-state index contributed by atoms with van der Waals surface area (Å²) in [5, 5.41) is 22.6. The van der Waals surface area contributed by atoms with Crippen LogP contribution in [0, 0.1) is 10.1 Å². The number of amides is 1. The minimum absolute atomic E-state index is 0.0458. The fourth-order valence-corrected chi connectivity index (χ4v) is 4.47. The standard InChI is InChI=1S/C25H27N3O7/c1-3-26(4-2)11-6-12-27-22(16-7-5-8-18(13-16)28(32)33)21(24(30)25(27)31)23(29)17-9-10-19-20(14-17)35-15-34-19/h5,7-10,13-14,22,29H,3-4,6,11-12,15H2,1-2H3/b23-21+. The van der Waals surface area contributed by atoms with Crippen LogP contribution in [-0.4, -0.2) is 64.5 Å². The Balaban J connectivity index is 1.77. The van der Waals surface area contributed by atoms with Gasteiger partial charge in [-0.2, -0.15) is 0 Å². The number of benzene rings is 2. The number of rotatable bonds is 9. The van der Waals surface area contributed by atoms with Crippen LogP contribution in [0.1, 0.15) is 37.4 Å². The predicted octanol–water partition coefficient (Wildman–Crippen LogP) is 3.48. The van der Waals surface area contributed by atoms with Crippen molar-refractivity contribution in [1.29, 1.82) is 0 Å². The number of nitro benzene ring substituents is 1. The molecule has 2 aliphatic heterocycles. The second kappa shape index (κ2) is 10.1. The summed E-state index contributed by atoms with van der Waals surface area (Å²) in [5.74, 6) is -1.03. The lowest BCUT2D eigenvalue weighted by Gasteiger charge is -2.26. The molecule has 10 heteroatoms. The summed E-state index contributed by atoms with van der Waals surface area (Å²) in [5.41, 5.74) is 0.380. The highest BCUT2D eigenvalue weighted by Crippen LogP contribution is 2.42. The molecule has 2 heterocycles. The van der Waals surface area contributed by atoms with Crippen LogP contribution in [0.5, 0.6) is 11.5 Å². The lowest BCUT2D eigenvalue weighted by atomic mass is 9.95. The second-order valence-electron chi connectivity index (χ2n) is 8.29. The number of carbonyl (C=O) groups is 2. The molecule has 2 aromatic carbocycles. The number of nitrogens with zero attached hydrogens (tertiary/aromatic N) is 3. The molecular weight excluding hydrogens is 454 g/mol. The number of Topliss-reactive ketones (excluding diaryl/α,β-unsaturated/α-hetero) is 1. The Labute approximate surface area is 202 Å². The van der Waals surface area contributed by atoms with E-state index < -0.39 is 22.7 Å². The summed E-state index contributed by atoms with van der Waals surface area (Å²) in [6.07, 6.45) is 0.601. The first-order valence-electron chi connectivity index (χ1n) is 11.5. The molecule has 1 saturated heterocycles. The van der Waals surface area contributed by atoms with Crippen LogP contribution in [0.3, 0.4) is 0 Å². The molecule has 0 saturated carbocycles. The zero-order valence-corrected chi connectivity index (χ0v) is 19.6. The number of hydrogen-bond acceptors (Lipinski definition) is 8. The Morgan fingerprint density at radius 3 is 2.60 bits per heavy atom. The van der Waals surface area contributed by atoms with Gasteiger partial charge in [0, 0.05) is 24.2 Å². The summed E-state index contributed by atoms with van der Waals surface area (Å²) in [6, 6.07) is 9.56. The van der Waals surface area contributed by atoms with E-state index in [4.69, 9.17) is 9.47 Å². The zero-order valence-electron chi connectivity index (χ0n) is 19.6. The number of hydrogen-bond donors (Lipinski definition) is 1. The summed E-state index contributed by atoms with van der Waals surface area (Å²) >= 11 is 0. The molecule has 4 rings (SSSR count). The molecule has 0 aromatic heterocycles. The maximum Gasteiger partial charge on any atom is 0.295 e. The number of non-ortho nitro benzene ring substituents is 1. The van der Waals surface area contributed by atoms with Gasteiger partial charge < -0.3 is 24.4 Å². The molecule has 1 fully saturated rings. The highest BCUT2D eigenvalue weighted by atomic mass is 16.7. The molecule has 2 aromatic rings. The summed E-state index contributed by atoms with van der Waals surface area (Å²) in [6.45, 7) is 6.83. The van der Waals surface area contributed by atoms with E-state index in [2.05, 4.69) is 4.90 Å². The van der Waals surface area contributed by atoms with Crippen molar-refractivity contribution in [3.05, 3.63) is 69.3 Å². The number of aliphatic hydroxyl groups excluding tert-OH is 1. The quantitative estimate of drug-likeness (QED) is 0.190. The molecule has 1 atom stereocenters. The average molecular weight is 482 g/mol. The third-order valence-electron chi connectivity index (χ3n) is 6.35. The van der Waals surface area contributed by atoms with Crippen molar-refractivity contribution in [1.82, 2.24) is 9.80 Å². The van der Waals surface area contributed by atoms with Gasteiger partial charge in [0.05, 0.1) is 16.5 Å². The molecule has 0 spiro atoms. The van der Waals surface area contributed by atoms with Gasteiger partial charge in [0.25, 0.3) is 17.4 Å². The Morgan fingerprint density at radius 1 is 1.14 bits per heavy atom. The van der Waals surface area contributed by atoms with Crippen molar-refractivity contribution in [2.75, 3.05) is 33.0 Å². The van der Waals surface area contributed by atoms with Crippen molar-refractivity contribution in [2.45, 2.75) is 26.3 Å². The lowest BCUT2D eigenvalue weighted by molar-refractivity contribution is -0.384. The number of nitro groups is 1. The van der Waals surface area contributed by atoms with E-state index in [1.165, 1.54) is 29.2 Å². The first-order chi connectivity index (χ1) is 16.8. The smallest absolute Gasteiger partial charge is 0.295 e. The molecule has 1 N–H and O–H groups in total. The number of ether oxygens (including phenoxy) is 2. The van der Waals surface area contributed by atoms with Crippen molar-refractivity contribution in [3.63, 3.8) is 0 Å². The monoisotopic (exact) mass is 481 g/mol. The van der Waals surface area contributed by atoms with Crippen LogP contribution in [0.4, 0.5) is 5.69 Å². The minimum Gasteiger partial charge on any atom is -0.507 e. The third-order valence-corrected chi connectivity index (χ3v) is 6.35. The number of aliphatic hydroxyl groups is 1. The Bertz CT molecular complexity index is 1190. The minimum atomic E-state index is -0.961. The first-order valence-corrected chi connectivity index (χ1v) is 11.5. The maximum atomic E-state index is 13.2. The Morgan fingerprint density at radius 2 is 1.89 bits per heavy atom. The molecule has 1 amide bonds. The highest BCUT2D eigenvalue weighted by Gasteiger charge is 2.46. The van der Waals surface area contributed by atoms with Crippen LogP contribution in [-0.2, 0) is 9.59 Å². The fraction of sp³-hybridized carbons (Fsp3) is 0.360. The molecule has 184 valence electrons. The van der Waals surface area contributed by atoms with Gasteiger partial charge in [-0.05, 0) is 49.8 Å². The van der Waals surface area contributed by atoms with E-state index in [0.717, 1.165) is 19.6 Å². The summed E-state index contributed by atoms with van der Waals surface area (Å²) in [4.78, 5) is 40.7. The molecule has 0 aliphatic carbocycles. The normalized spacial score (nSPS) is 18.5. The van der Waals surface area contributed by atoms with Crippen LogP contribution in [0.2, 0.25) is 0 Å². The number of carbonyl (C=O) groups excluding carboxylic acids is 2. The number of likely N-dealkylation sites (tertiary alicyclic amines) is 1. The highest BCUT2D eigenvalue weighted by molar-refractivity contribution is 6.46. The topological polar surface area (TPSA) is 122 Å². The molecule has 10 nitrogen and oxygen atoms in total. The molecule has 0 radical (unpaired) electrons. The van der Waals surface area contributed by atoms with Crippen LogP contribution in [0.15, 0.2) is 48.0 Å². The van der Waals surface area contributed by atoms with Gasteiger partial charge in [0.2, 0.25) is 6.79 Å². The fourth-order valence-electron chi connectivity index (χ4n) is 4.47. The van der Waals surface area contributed by atoms with Gasteiger partial charge >= 0.3 is 0 Å². The molecule has 1 unspecified atom stereocenters. The van der Waals surface area contributed by atoms with E-state index in [-0.39, 0.29) is 35.9 Å². The van der Waals surface area contributed by atoms with Crippen molar-refractivity contribution < 1.29 is 29.1 Å². The maximum absolute atomic E-state index is 13.2. The molecule has 2 aliphatic rings. The summed E-state index contributed by atoms with van der Waals surface area (Å²) < 4.78 is 10.7. The van der Waals surface area contributed by atoms with E-state index in [0.29, 0.717) is 23.5 Å². The zero-order chi connectivity index (χ0) is 25.1. The second-order valence-corrected chi connectivity index (χ2v) is 8.29. The van der Waals surface area contributed by atoms with Crippen molar-refractivity contribution in [3.8, 4) is 11.5 Å². The van der Waals surface area contributed by atoms with E-state index >= 15 is 0 Å². The van der Waals surface area contributed by atoms with E-state index in [1.54, 1.807) is 18.2 Å². The van der Waals surface area contributed by atoms with E-state index in [1.807, 2.05) is 13.8 Å². The van der Waals surface area contributed by atoms with Crippen LogP contribution in [0.25, 0.3) is 5.76 Å². The van der Waals surface area contributed by atoms with E-state index in [9.17, 15) is 24.8 Å². The largest absolute Gasteiger partial charge is 0.507 e. The Hall–Kier alpha value is -3.92. The molecule has 35 heavy (non-hydrogen) atoms. The SMILES string of the molecule is CCN(CC)CCCN1C(=O)C(=O)/C(=C(/O)c2ccc3c(c2)OCO3)C1c1cccc([N+](=O)[O-])c1. The van der Waals surface area contributed by atoms with Gasteiger partial charge in [-0.3, -0.25) is 19.7 Å². The number of ketones is 1. The van der Waals surface area contributed by atoms with Crippen molar-refractivity contribution in [2.24, 2.45) is 0 Å². The third kappa shape index (κ3) is 4.69. The van der Waals surface area contributed by atoms with Crippen molar-refractivity contribution >= 4 is 23.1 Å². The predicted molar refractivity (Wildman–Crippen MR) is 127 cm³/mol. The van der Waals surface area contributed by atoms with Gasteiger partial charge in [0.1, 0.15) is 5.76 Å². The Kier molecular flexibility index (Phi) is 7.02.